The number of ether oxygens (including phenoxy) is 3. The standard InChI is InChI=1S/C60H113NO6/c1-4-7-10-13-16-19-22-25-28-31-34-37-40-43-46-49-52-65-57-54-56(61(63)64)55-58(67-59(62)51-48-45-42-39-36-33-30-27-24-21-18-15-12-9-6-3)60(57)66-53-50-47-44-41-38-35-32-29-26-23-20-17-14-11-8-5-2/h54-55,59,62H,4-53H2,1-3H3. The second kappa shape index (κ2) is 50.4. The zero-order chi connectivity index (χ0) is 48.4. The number of hydrogen-bond acceptors (Lipinski definition) is 6. The molecule has 0 amide bonds. The van der Waals surface area contributed by atoms with Gasteiger partial charge in [0.05, 0.1) is 30.3 Å². The molecule has 0 fully saturated rings. The molecule has 7 heteroatoms. The number of nitrogens with zero attached hydrogens (tertiary/aromatic N) is 1. The Morgan fingerprint density at radius 2 is 0.642 bits per heavy atom. The Morgan fingerprint density at radius 1 is 0.388 bits per heavy atom. The summed E-state index contributed by atoms with van der Waals surface area (Å²) in [7, 11) is 0. The molecule has 0 saturated carbocycles. The van der Waals surface area contributed by atoms with Crippen LogP contribution in [0.15, 0.2) is 12.1 Å². The van der Waals surface area contributed by atoms with Crippen LogP contribution in [-0.4, -0.2) is 29.5 Å². The number of hydrogen-bond donors (Lipinski definition) is 1. The molecule has 0 radical (unpaired) electrons. The SMILES string of the molecule is CCCCCCCCCCCCCCCCCCOc1cc([N+](=O)[O-])cc(OC(O)CCCCCCCCCCCCCCCCC)c1OCCCCCCCCCCCCCCCCCC. The molecular formula is C60H113NO6. The number of aliphatic hydroxyl groups excluding tert-OH is 1. The highest BCUT2D eigenvalue weighted by Gasteiger charge is 2.23. The zero-order valence-electron chi connectivity index (χ0n) is 45.0. The van der Waals surface area contributed by atoms with Crippen LogP contribution >= 0.6 is 0 Å². The van der Waals surface area contributed by atoms with E-state index in [-0.39, 0.29) is 11.4 Å². The van der Waals surface area contributed by atoms with Gasteiger partial charge in [0.1, 0.15) is 0 Å². The molecule has 1 aromatic carbocycles. The van der Waals surface area contributed by atoms with Crippen molar-refractivity contribution in [1.29, 1.82) is 0 Å². The summed E-state index contributed by atoms with van der Waals surface area (Å²) in [5.74, 6) is 0.945. The molecule has 394 valence electrons. The molecule has 0 spiro atoms. The van der Waals surface area contributed by atoms with Crippen molar-refractivity contribution in [2.75, 3.05) is 13.2 Å². The minimum Gasteiger partial charge on any atom is -0.489 e. The second-order valence-electron chi connectivity index (χ2n) is 20.6. The third-order valence-electron chi connectivity index (χ3n) is 14.0. The van der Waals surface area contributed by atoms with Crippen LogP contribution in [0.3, 0.4) is 0 Å². The Morgan fingerprint density at radius 3 is 0.940 bits per heavy atom. The number of unbranched alkanes of at least 4 members (excludes halogenated alkanes) is 44. The van der Waals surface area contributed by atoms with Gasteiger partial charge in [-0.2, -0.15) is 0 Å². The minimum absolute atomic E-state index is 0.106. The summed E-state index contributed by atoms with van der Waals surface area (Å²) in [6, 6.07) is 2.88. The summed E-state index contributed by atoms with van der Waals surface area (Å²) in [5.41, 5.74) is -0.106. The molecule has 0 aliphatic rings. The van der Waals surface area contributed by atoms with E-state index in [2.05, 4.69) is 20.8 Å². The summed E-state index contributed by atoms with van der Waals surface area (Å²) in [5, 5.41) is 23.1. The first-order valence-electron chi connectivity index (χ1n) is 30.0. The van der Waals surface area contributed by atoms with E-state index in [0.29, 0.717) is 31.1 Å². The Balaban J connectivity index is 2.52. The summed E-state index contributed by atoms with van der Waals surface area (Å²) in [4.78, 5) is 11.7. The third kappa shape index (κ3) is 41.5. The molecule has 0 bridgehead atoms. The van der Waals surface area contributed by atoms with Gasteiger partial charge >= 0.3 is 0 Å². The van der Waals surface area contributed by atoms with Gasteiger partial charge in [-0.05, 0) is 19.3 Å². The minimum atomic E-state index is -1.06. The number of benzene rings is 1. The van der Waals surface area contributed by atoms with E-state index in [1.807, 2.05) is 0 Å². The molecule has 0 saturated heterocycles. The fraction of sp³-hybridized carbons (Fsp3) is 0.900. The molecule has 1 rings (SSSR count). The van der Waals surface area contributed by atoms with Gasteiger partial charge in [0.15, 0.2) is 17.8 Å². The lowest BCUT2D eigenvalue weighted by Crippen LogP contribution is -2.16. The normalized spacial score (nSPS) is 11.9. The van der Waals surface area contributed by atoms with Crippen molar-refractivity contribution in [3.63, 3.8) is 0 Å². The average molecular weight is 945 g/mol. The van der Waals surface area contributed by atoms with Gasteiger partial charge in [-0.1, -0.05) is 303 Å². The predicted molar refractivity (Wildman–Crippen MR) is 289 cm³/mol. The maximum absolute atomic E-state index is 12.1. The van der Waals surface area contributed by atoms with E-state index >= 15 is 0 Å². The summed E-state index contributed by atoms with van der Waals surface area (Å²) < 4.78 is 18.7. The van der Waals surface area contributed by atoms with Gasteiger partial charge < -0.3 is 19.3 Å². The molecule has 0 aliphatic heterocycles. The highest BCUT2D eigenvalue weighted by atomic mass is 16.6. The quantitative estimate of drug-likeness (QED) is 0.0303. The summed E-state index contributed by atoms with van der Waals surface area (Å²) in [6.07, 6.45) is 60.5. The molecule has 67 heavy (non-hydrogen) atoms. The van der Waals surface area contributed by atoms with Crippen molar-refractivity contribution in [1.82, 2.24) is 0 Å². The van der Waals surface area contributed by atoms with Crippen LogP contribution < -0.4 is 14.2 Å². The molecule has 1 atom stereocenters. The number of nitro groups is 1. The van der Waals surface area contributed by atoms with E-state index in [1.165, 1.54) is 269 Å². The van der Waals surface area contributed by atoms with Crippen LogP contribution in [0.25, 0.3) is 0 Å². The zero-order valence-corrected chi connectivity index (χ0v) is 45.0. The Kier molecular flexibility index (Phi) is 47.4. The predicted octanol–water partition coefficient (Wildman–Crippen LogP) is 20.8. The van der Waals surface area contributed by atoms with Gasteiger partial charge in [0.25, 0.3) is 5.69 Å². The van der Waals surface area contributed by atoms with Crippen LogP contribution in [-0.2, 0) is 0 Å². The van der Waals surface area contributed by atoms with Crippen molar-refractivity contribution in [2.45, 2.75) is 335 Å². The number of nitro benzene ring substituents is 1. The first-order chi connectivity index (χ1) is 33.0. The van der Waals surface area contributed by atoms with Crippen LogP contribution in [0, 0.1) is 10.1 Å². The van der Waals surface area contributed by atoms with Gasteiger partial charge in [-0.25, -0.2) is 0 Å². The smallest absolute Gasteiger partial charge is 0.277 e. The van der Waals surface area contributed by atoms with Crippen LogP contribution in [0.4, 0.5) is 5.69 Å². The van der Waals surface area contributed by atoms with E-state index in [9.17, 15) is 15.2 Å². The second-order valence-corrected chi connectivity index (χ2v) is 20.6. The molecule has 7 nitrogen and oxygen atoms in total. The first kappa shape index (κ1) is 63.0. The third-order valence-corrected chi connectivity index (χ3v) is 14.0. The molecule has 1 N–H and O–H groups in total. The van der Waals surface area contributed by atoms with Crippen LogP contribution in [0.2, 0.25) is 0 Å². The Hall–Kier alpha value is -2.02. The maximum Gasteiger partial charge on any atom is 0.277 e. The van der Waals surface area contributed by atoms with Crippen molar-refractivity contribution >= 4 is 5.69 Å². The van der Waals surface area contributed by atoms with Gasteiger partial charge in [-0.3, -0.25) is 10.1 Å². The summed E-state index contributed by atoms with van der Waals surface area (Å²) in [6.45, 7) is 7.80. The fourth-order valence-electron chi connectivity index (χ4n) is 9.56. The average Bonchev–Trinajstić information content (AvgIpc) is 3.32. The Bertz CT molecular complexity index is 1180. The molecule has 0 heterocycles. The topological polar surface area (TPSA) is 91.1 Å². The van der Waals surface area contributed by atoms with Gasteiger partial charge in [0.2, 0.25) is 5.75 Å². The monoisotopic (exact) mass is 944 g/mol. The first-order valence-corrected chi connectivity index (χ1v) is 30.0. The highest BCUT2D eigenvalue weighted by Crippen LogP contribution is 2.42. The van der Waals surface area contributed by atoms with Crippen LogP contribution in [0.1, 0.15) is 329 Å². The van der Waals surface area contributed by atoms with Crippen molar-refractivity contribution < 1.29 is 24.2 Å². The lowest BCUT2D eigenvalue weighted by Gasteiger charge is -2.19. The number of rotatable bonds is 55. The fourth-order valence-corrected chi connectivity index (χ4v) is 9.56. The lowest BCUT2D eigenvalue weighted by molar-refractivity contribution is -0.385. The molecule has 1 unspecified atom stereocenters. The van der Waals surface area contributed by atoms with E-state index < -0.39 is 11.2 Å². The largest absolute Gasteiger partial charge is 0.489 e. The lowest BCUT2D eigenvalue weighted by atomic mass is 10.0. The summed E-state index contributed by atoms with van der Waals surface area (Å²) >= 11 is 0. The van der Waals surface area contributed by atoms with E-state index in [0.717, 1.165) is 44.9 Å². The highest BCUT2D eigenvalue weighted by molar-refractivity contribution is 5.58. The van der Waals surface area contributed by atoms with E-state index in [4.69, 9.17) is 14.2 Å². The number of non-ortho nitro benzene ring substituents is 1. The molecule has 1 aromatic rings. The number of aliphatic hydroxyl groups is 1. The van der Waals surface area contributed by atoms with E-state index in [1.54, 1.807) is 0 Å². The van der Waals surface area contributed by atoms with Gasteiger partial charge in [-0.15, -0.1) is 0 Å². The molecular weight excluding hydrogens is 831 g/mol. The molecule has 0 aliphatic carbocycles. The van der Waals surface area contributed by atoms with Gasteiger partial charge in [0, 0.05) is 6.42 Å². The van der Waals surface area contributed by atoms with Crippen molar-refractivity contribution in [3.8, 4) is 17.2 Å². The molecule has 0 aromatic heterocycles. The van der Waals surface area contributed by atoms with Crippen molar-refractivity contribution in [3.05, 3.63) is 22.2 Å². The Labute approximate surface area is 416 Å². The van der Waals surface area contributed by atoms with Crippen molar-refractivity contribution in [2.24, 2.45) is 0 Å². The van der Waals surface area contributed by atoms with Crippen LogP contribution in [0.5, 0.6) is 17.2 Å². The maximum atomic E-state index is 12.1.